The van der Waals surface area contributed by atoms with E-state index in [0.29, 0.717) is 6.54 Å². The third-order valence-electron chi connectivity index (χ3n) is 3.72. The Labute approximate surface area is 113 Å². The van der Waals surface area contributed by atoms with Gasteiger partial charge in [-0.3, -0.25) is 9.59 Å². The van der Waals surface area contributed by atoms with Crippen LogP contribution in [-0.2, 0) is 9.59 Å². The first kappa shape index (κ1) is 13.6. The lowest BCUT2D eigenvalue weighted by molar-refractivity contribution is -0.144. The summed E-state index contributed by atoms with van der Waals surface area (Å²) in [5, 5.41) is 8.80. The Bertz CT molecular complexity index is 498. The van der Waals surface area contributed by atoms with E-state index < -0.39 is 5.97 Å². The minimum Gasteiger partial charge on any atom is -0.480 e. The predicted molar refractivity (Wildman–Crippen MR) is 71.9 cm³/mol. The molecule has 1 fully saturated rings. The van der Waals surface area contributed by atoms with E-state index in [4.69, 9.17) is 5.11 Å². The van der Waals surface area contributed by atoms with Gasteiger partial charge in [0.1, 0.15) is 6.54 Å². The van der Waals surface area contributed by atoms with Crippen LogP contribution in [0.15, 0.2) is 24.3 Å². The largest absolute Gasteiger partial charge is 0.480 e. The lowest BCUT2D eigenvalue weighted by atomic mass is 10.0. The summed E-state index contributed by atoms with van der Waals surface area (Å²) in [6.07, 6.45) is 0.833. The second-order valence-electron chi connectivity index (χ2n) is 5.05. The number of rotatable bonds is 5. The summed E-state index contributed by atoms with van der Waals surface area (Å²) in [6.45, 7) is 4.10. The Morgan fingerprint density at radius 1 is 1.37 bits per heavy atom. The number of carboxylic acids is 1. The van der Waals surface area contributed by atoms with Crippen molar-refractivity contribution in [3.63, 3.8) is 0 Å². The van der Waals surface area contributed by atoms with Crippen molar-refractivity contribution in [3.05, 3.63) is 35.4 Å². The summed E-state index contributed by atoms with van der Waals surface area (Å²) in [4.78, 5) is 24.4. The minimum atomic E-state index is -0.955. The van der Waals surface area contributed by atoms with Gasteiger partial charge in [-0.2, -0.15) is 0 Å². The molecule has 0 aromatic heterocycles. The van der Waals surface area contributed by atoms with Crippen LogP contribution in [0, 0.1) is 12.8 Å². The molecule has 19 heavy (non-hydrogen) atoms. The van der Waals surface area contributed by atoms with Gasteiger partial charge < -0.3 is 10.0 Å². The molecule has 102 valence electrons. The molecule has 0 bridgehead atoms. The fourth-order valence-electron chi connectivity index (χ4n) is 2.56. The van der Waals surface area contributed by atoms with Crippen molar-refractivity contribution in [1.82, 2.24) is 4.90 Å². The molecule has 0 unspecified atom stereocenters. The molecule has 0 saturated heterocycles. The molecule has 1 aliphatic rings. The molecular weight excluding hydrogens is 242 g/mol. The Hall–Kier alpha value is -1.84. The summed E-state index contributed by atoms with van der Waals surface area (Å²) < 4.78 is 0. The van der Waals surface area contributed by atoms with Crippen molar-refractivity contribution in [2.45, 2.75) is 26.2 Å². The molecule has 0 aliphatic heterocycles. The van der Waals surface area contributed by atoms with Crippen molar-refractivity contribution in [1.29, 1.82) is 0 Å². The van der Waals surface area contributed by atoms with Crippen LogP contribution in [0.25, 0.3) is 0 Å². The van der Waals surface area contributed by atoms with Crippen LogP contribution in [0.1, 0.15) is 30.4 Å². The lowest BCUT2D eigenvalue weighted by Gasteiger charge is -2.18. The number of amides is 1. The first-order chi connectivity index (χ1) is 9.04. The summed E-state index contributed by atoms with van der Waals surface area (Å²) in [6, 6.07) is 8.07. The Balaban J connectivity index is 2.04. The molecule has 1 amide bonds. The highest BCUT2D eigenvalue weighted by Gasteiger charge is 2.46. The Morgan fingerprint density at radius 2 is 2.05 bits per heavy atom. The Kier molecular flexibility index (Phi) is 3.88. The zero-order valence-electron chi connectivity index (χ0n) is 11.3. The monoisotopic (exact) mass is 261 g/mol. The van der Waals surface area contributed by atoms with Crippen LogP contribution in [0.2, 0.25) is 0 Å². The normalized spacial score (nSPS) is 20.9. The molecule has 1 N–H and O–H groups in total. The first-order valence-corrected chi connectivity index (χ1v) is 6.60. The van der Waals surface area contributed by atoms with E-state index in [1.165, 1.54) is 16.0 Å². The number of aryl methyl sites for hydroxylation is 1. The van der Waals surface area contributed by atoms with Gasteiger partial charge in [-0.25, -0.2) is 0 Å². The average molecular weight is 261 g/mol. The van der Waals surface area contributed by atoms with Crippen molar-refractivity contribution >= 4 is 11.9 Å². The number of carbonyl (C=O) groups excluding carboxylic acids is 1. The van der Waals surface area contributed by atoms with Crippen molar-refractivity contribution in [2.75, 3.05) is 13.1 Å². The predicted octanol–water partition coefficient (Wildman–Crippen LogP) is 2.03. The minimum absolute atomic E-state index is 0.0295. The first-order valence-electron chi connectivity index (χ1n) is 6.60. The maximum Gasteiger partial charge on any atom is 0.323 e. The lowest BCUT2D eigenvalue weighted by Crippen LogP contribution is -2.36. The summed E-state index contributed by atoms with van der Waals surface area (Å²) >= 11 is 0. The van der Waals surface area contributed by atoms with Crippen LogP contribution in [-0.4, -0.2) is 35.0 Å². The van der Waals surface area contributed by atoms with Gasteiger partial charge in [0.2, 0.25) is 5.91 Å². The molecule has 1 aromatic rings. The fraction of sp³-hybridized carbons (Fsp3) is 0.467. The molecule has 2 atom stereocenters. The van der Waals surface area contributed by atoms with E-state index in [-0.39, 0.29) is 24.3 Å². The molecule has 0 radical (unpaired) electrons. The number of likely N-dealkylation sites (N-methyl/N-ethyl adjacent to an activating group) is 1. The van der Waals surface area contributed by atoms with Crippen molar-refractivity contribution < 1.29 is 14.7 Å². The standard InChI is InChI=1S/C15H19NO3/c1-3-16(9-14(17)18)15(19)13-8-12(13)11-7-5-4-6-10(11)2/h4-7,12-13H,3,8-9H2,1-2H3,(H,17,18)/t12-,13+/m0/s1. The van der Waals surface area contributed by atoms with Crippen LogP contribution in [0.3, 0.4) is 0 Å². The number of nitrogens with zero attached hydrogens (tertiary/aromatic N) is 1. The number of hydrogen-bond donors (Lipinski definition) is 1. The van der Waals surface area contributed by atoms with E-state index >= 15 is 0 Å². The highest BCUT2D eigenvalue weighted by atomic mass is 16.4. The van der Waals surface area contributed by atoms with Crippen LogP contribution >= 0.6 is 0 Å². The van der Waals surface area contributed by atoms with Gasteiger partial charge in [0.25, 0.3) is 0 Å². The third kappa shape index (κ3) is 2.95. The summed E-state index contributed by atoms with van der Waals surface area (Å²) in [5.41, 5.74) is 2.41. The molecule has 4 nitrogen and oxygen atoms in total. The van der Waals surface area contributed by atoms with E-state index in [1.54, 1.807) is 0 Å². The van der Waals surface area contributed by atoms with Crippen LogP contribution in [0.4, 0.5) is 0 Å². The van der Waals surface area contributed by atoms with Gasteiger partial charge >= 0.3 is 5.97 Å². The van der Waals surface area contributed by atoms with Gasteiger partial charge in [-0.1, -0.05) is 24.3 Å². The molecule has 4 heteroatoms. The second kappa shape index (κ2) is 5.43. The average Bonchev–Trinajstić information content (AvgIpc) is 3.15. The molecule has 1 saturated carbocycles. The van der Waals surface area contributed by atoms with Crippen molar-refractivity contribution in [2.24, 2.45) is 5.92 Å². The number of carbonyl (C=O) groups is 2. The maximum atomic E-state index is 12.2. The Morgan fingerprint density at radius 3 is 2.63 bits per heavy atom. The second-order valence-corrected chi connectivity index (χ2v) is 5.05. The van der Waals surface area contributed by atoms with E-state index in [9.17, 15) is 9.59 Å². The fourth-order valence-corrected chi connectivity index (χ4v) is 2.56. The quantitative estimate of drug-likeness (QED) is 0.882. The molecule has 2 rings (SSSR count). The zero-order valence-corrected chi connectivity index (χ0v) is 11.3. The molecule has 1 aromatic carbocycles. The number of benzene rings is 1. The zero-order chi connectivity index (χ0) is 14.0. The number of carboxylic acid groups (broad SMARTS) is 1. The van der Waals surface area contributed by atoms with Crippen molar-refractivity contribution in [3.8, 4) is 0 Å². The van der Waals surface area contributed by atoms with Gasteiger partial charge in [-0.15, -0.1) is 0 Å². The smallest absolute Gasteiger partial charge is 0.323 e. The molecular formula is C15H19NO3. The highest BCUT2D eigenvalue weighted by molar-refractivity contribution is 5.86. The molecule has 1 aliphatic carbocycles. The summed E-state index contributed by atoms with van der Waals surface area (Å²) in [5.74, 6) is -0.765. The van der Waals surface area contributed by atoms with E-state index in [1.807, 2.05) is 32.0 Å². The number of aliphatic carboxylic acids is 1. The van der Waals surface area contributed by atoms with Gasteiger partial charge in [0, 0.05) is 12.5 Å². The third-order valence-corrected chi connectivity index (χ3v) is 3.72. The van der Waals surface area contributed by atoms with Gasteiger partial charge in [0.05, 0.1) is 0 Å². The van der Waals surface area contributed by atoms with E-state index in [0.717, 1.165) is 6.42 Å². The van der Waals surface area contributed by atoms with Gasteiger partial charge in [-0.05, 0) is 37.3 Å². The van der Waals surface area contributed by atoms with Crippen LogP contribution in [0.5, 0.6) is 0 Å². The number of hydrogen-bond acceptors (Lipinski definition) is 2. The molecule has 0 spiro atoms. The SMILES string of the molecule is CCN(CC(=O)O)C(=O)[C@@H]1C[C@H]1c1ccccc1C. The molecule has 0 heterocycles. The topological polar surface area (TPSA) is 57.6 Å². The highest BCUT2D eigenvalue weighted by Crippen LogP contribution is 2.49. The van der Waals surface area contributed by atoms with Gasteiger partial charge in [0.15, 0.2) is 0 Å². The van der Waals surface area contributed by atoms with Crippen LogP contribution < -0.4 is 0 Å². The summed E-state index contributed by atoms with van der Waals surface area (Å²) in [7, 11) is 0. The maximum absolute atomic E-state index is 12.2. The van der Waals surface area contributed by atoms with E-state index in [2.05, 4.69) is 6.07 Å².